The molecular formula is C17H16N2O2. The lowest BCUT2D eigenvalue weighted by Crippen LogP contribution is -2.31. The number of Topliss-reactive ketones (excluding diaryl/α,β-unsaturated/α-hetero) is 1. The highest BCUT2D eigenvalue weighted by Crippen LogP contribution is 2.28. The van der Waals surface area contributed by atoms with Crippen molar-refractivity contribution in [3.63, 3.8) is 0 Å². The summed E-state index contributed by atoms with van der Waals surface area (Å²) in [6.45, 7) is 1.05. The van der Waals surface area contributed by atoms with E-state index in [1.165, 1.54) is 0 Å². The maximum absolute atomic E-state index is 12.4. The summed E-state index contributed by atoms with van der Waals surface area (Å²) in [4.78, 5) is 14.5. The van der Waals surface area contributed by atoms with Gasteiger partial charge in [-0.05, 0) is 37.1 Å². The molecule has 0 N–H and O–H groups in total. The fourth-order valence-corrected chi connectivity index (χ4v) is 2.36. The average Bonchev–Trinajstić information content (AvgIpc) is 3.24. The van der Waals surface area contributed by atoms with Gasteiger partial charge >= 0.3 is 0 Å². The zero-order valence-electron chi connectivity index (χ0n) is 11.7. The number of benzene rings is 1. The van der Waals surface area contributed by atoms with Crippen LogP contribution in [-0.4, -0.2) is 23.3 Å². The largest absolute Gasteiger partial charge is 0.468 e. The highest BCUT2D eigenvalue weighted by Gasteiger charge is 2.30. The van der Waals surface area contributed by atoms with Crippen LogP contribution in [0.2, 0.25) is 0 Å². The Bertz CT molecular complexity index is 649. The molecule has 0 amide bonds. The Morgan fingerprint density at radius 3 is 2.62 bits per heavy atom. The van der Waals surface area contributed by atoms with E-state index in [4.69, 9.17) is 9.68 Å². The number of carbonyl (C=O) groups excluding carboxylic acids is 1. The topological polar surface area (TPSA) is 57.2 Å². The number of nitriles is 1. The van der Waals surface area contributed by atoms with Crippen LogP contribution in [-0.2, 0) is 6.54 Å². The Balaban J connectivity index is 1.67. The summed E-state index contributed by atoms with van der Waals surface area (Å²) in [5.74, 6) is 0.965. The van der Waals surface area contributed by atoms with Gasteiger partial charge in [-0.2, -0.15) is 5.26 Å². The van der Waals surface area contributed by atoms with Crippen LogP contribution in [0.15, 0.2) is 47.1 Å². The van der Waals surface area contributed by atoms with Gasteiger partial charge in [0, 0.05) is 11.6 Å². The van der Waals surface area contributed by atoms with Gasteiger partial charge in [-0.25, -0.2) is 0 Å². The zero-order chi connectivity index (χ0) is 14.7. The van der Waals surface area contributed by atoms with Crippen molar-refractivity contribution in [2.24, 2.45) is 0 Å². The lowest BCUT2D eigenvalue weighted by molar-refractivity contribution is 0.0913. The third-order valence-corrected chi connectivity index (χ3v) is 3.68. The van der Waals surface area contributed by atoms with Crippen LogP contribution in [0.1, 0.15) is 34.5 Å². The molecule has 0 bridgehead atoms. The second kappa shape index (κ2) is 5.94. The molecule has 4 heteroatoms. The van der Waals surface area contributed by atoms with Gasteiger partial charge in [0.1, 0.15) is 5.76 Å². The van der Waals surface area contributed by atoms with E-state index in [1.807, 2.05) is 12.1 Å². The van der Waals surface area contributed by atoms with Gasteiger partial charge in [-0.1, -0.05) is 12.1 Å². The number of furan rings is 1. The monoisotopic (exact) mass is 280 g/mol. The average molecular weight is 280 g/mol. The predicted octanol–water partition coefficient (Wildman–Crippen LogP) is 3.00. The van der Waals surface area contributed by atoms with E-state index in [9.17, 15) is 4.79 Å². The van der Waals surface area contributed by atoms with Crippen LogP contribution in [0.25, 0.3) is 0 Å². The summed E-state index contributed by atoms with van der Waals surface area (Å²) < 4.78 is 5.37. The molecule has 0 saturated heterocycles. The number of ketones is 1. The van der Waals surface area contributed by atoms with Crippen molar-refractivity contribution in [3.8, 4) is 6.07 Å². The quantitative estimate of drug-likeness (QED) is 0.763. The van der Waals surface area contributed by atoms with Crippen LogP contribution in [0.3, 0.4) is 0 Å². The van der Waals surface area contributed by atoms with Crippen LogP contribution in [0.5, 0.6) is 0 Å². The van der Waals surface area contributed by atoms with E-state index >= 15 is 0 Å². The van der Waals surface area contributed by atoms with Crippen LogP contribution in [0, 0.1) is 11.3 Å². The molecule has 0 aliphatic heterocycles. The Morgan fingerprint density at radius 1 is 1.29 bits per heavy atom. The van der Waals surface area contributed by atoms with Crippen LogP contribution >= 0.6 is 0 Å². The molecular weight excluding hydrogens is 264 g/mol. The van der Waals surface area contributed by atoms with Gasteiger partial charge in [-0.15, -0.1) is 0 Å². The molecule has 21 heavy (non-hydrogen) atoms. The van der Waals surface area contributed by atoms with Crippen molar-refractivity contribution < 1.29 is 9.21 Å². The van der Waals surface area contributed by atoms with Crippen LogP contribution in [0.4, 0.5) is 0 Å². The van der Waals surface area contributed by atoms with Gasteiger partial charge in [-0.3, -0.25) is 9.69 Å². The maximum atomic E-state index is 12.4. The molecule has 4 nitrogen and oxygen atoms in total. The highest BCUT2D eigenvalue weighted by molar-refractivity contribution is 5.97. The minimum absolute atomic E-state index is 0.0814. The van der Waals surface area contributed by atoms with Gasteiger partial charge in [0.15, 0.2) is 5.78 Å². The Morgan fingerprint density at radius 2 is 2.05 bits per heavy atom. The summed E-state index contributed by atoms with van der Waals surface area (Å²) in [5.41, 5.74) is 1.22. The highest BCUT2D eigenvalue weighted by atomic mass is 16.3. The summed E-state index contributed by atoms with van der Waals surface area (Å²) in [5, 5.41) is 8.78. The zero-order valence-corrected chi connectivity index (χ0v) is 11.7. The Labute approximate surface area is 123 Å². The number of nitrogens with zero attached hydrogens (tertiary/aromatic N) is 2. The van der Waals surface area contributed by atoms with Gasteiger partial charge in [0.05, 0.1) is 31.0 Å². The van der Waals surface area contributed by atoms with Crippen LogP contribution < -0.4 is 0 Å². The molecule has 1 fully saturated rings. The summed E-state index contributed by atoms with van der Waals surface area (Å²) in [6.07, 6.45) is 3.94. The molecule has 0 unspecified atom stereocenters. The summed E-state index contributed by atoms with van der Waals surface area (Å²) in [6, 6.07) is 13.1. The second-order valence-electron chi connectivity index (χ2n) is 5.33. The van der Waals surface area contributed by atoms with E-state index in [0.29, 0.717) is 30.3 Å². The van der Waals surface area contributed by atoms with Gasteiger partial charge in [0.25, 0.3) is 0 Å². The van der Waals surface area contributed by atoms with Gasteiger partial charge < -0.3 is 4.42 Å². The lowest BCUT2D eigenvalue weighted by Gasteiger charge is -2.19. The lowest BCUT2D eigenvalue weighted by atomic mass is 10.1. The normalized spacial score (nSPS) is 14.1. The summed E-state index contributed by atoms with van der Waals surface area (Å²) >= 11 is 0. The van der Waals surface area contributed by atoms with Crippen molar-refractivity contribution in [2.45, 2.75) is 25.4 Å². The molecule has 1 heterocycles. The van der Waals surface area contributed by atoms with Crippen molar-refractivity contribution >= 4 is 5.78 Å². The minimum Gasteiger partial charge on any atom is -0.468 e. The van der Waals surface area contributed by atoms with Crippen molar-refractivity contribution in [1.29, 1.82) is 5.26 Å². The van der Waals surface area contributed by atoms with E-state index < -0.39 is 0 Å². The second-order valence-corrected chi connectivity index (χ2v) is 5.33. The fraction of sp³-hybridized carbons (Fsp3) is 0.294. The Hall–Kier alpha value is -2.38. The van der Waals surface area contributed by atoms with Gasteiger partial charge in [0.2, 0.25) is 0 Å². The SMILES string of the molecule is N#Cc1ccc(C(=O)CN(Cc2ccco2)C2CC2)cc1. The minimum atomic E-state index is 0.0814. The number of hydrogen-bond acceptors (Lipinski definition) is 4. The molecule has 1 aromatic carbocycles. The molecule has 2 aromatic rings. The smallest absolute Gasteiger partial charge is 0.176 e. The first-order chi connectivity index (χ1) is 10.3. The molecule has 0 spiro atoms. The standard InChI is InChI=1S/C17H16N2O2/c18-10-13-3-5-14(6-4-13)17(20)12-19(15-7-8-15)11-16-2-1-9-21-16/h1-6,9,15H,7-8,11-12H2. The molecule has 0 radical (unpaired) electrons. The molecule has 1 aromatic heterocycles. The third kappa shape index (κ3) is 3.39. The van der Waals surface area contributed by atoms with Crippen molar-refractivity contribution in [1.82, 2.24) is 4.90 Å². The first-order valence-corrected chi connectivity index (χ1v) is 7.06. The molecule has 1 aliphatic rings. The molecule has 3 rings (SSSR count). The predicted molar refractivity (Wildman–Crippen MR) is 77.6 cm³/mol. The maximum Gasteiger partial charge on any atom is 0.176 e. The number of carbonyl (C=O) groups is 1. The van der Waals surface area contributed by atoms with E-state index in [0.717, 1.165) is 18.6 Å². The molecule has 1 saturated carbocycles. The van der Waals surface area contributed by atoms with E-state index in [-0.39, 0.29) is 5.78 Å². The van der Waals surface area contributed by atoms with Crippen molar-refractivity contribution in [3.05, 3.63) is 59.5 Å². The Kier molecular flexibility index (Phi) is 3.85. The number of rotatable bonds is 6. The summed E-state index contributed by atoms with van der Waals surface area (Å²) in [7, 11) is 0. The molecule has 1 aliphatic carbocycles. The molecule has 106 valence electrons. The van der Waals surface area contributed by atoms with Crippen molar-refractivity contribution in [2.75, 3.05) is 6.54 Å². The molecule has 0 atom stereocenters. The number of hydrogen-bond donors (Lipinski definition) is 0. The van der Waals surface area contributed by atoms with E-state index in [1.54, 1.807) is 30.5 Å². The first kappa shape index (κ1) is 13.6. The third-order valence-electron chi connectivity index (χ3n) is 3.68. The first-order valence-electron chi connectivity index (χ1n) is 7.06. The van der Waals surface area contributed by atoms with E-state index in [2.05, 4.69) is 11.0 Å². The fourth-order valence-electron chi connectivity index (χ4n) is 2.36.